The fraction of sp³-hybridized carbons (Fsp3) is 0.353. The number of nitrogens with two attached hydrogens (primary N) is 1. The Morgan fingerprint density at radius 1 is 1.42 bits per heavy atom. The highest BCUT2D eigenvalue weighted by Crippen LogP contribution is 2.22. The number of nitriles is 1. The van der Waals surface area contributed by atoms with Gasteiger partial charge >= 0.3 is 6.18 Å². The highest BCUT2D eigenvalue weighted by atomic mass is 19.4. The van der Waals surface area contributed by atoms with Crippen LogP contribution < -0.4 is 5.73 Å². The average Bonchev–Trinajstić information content (AvgIpc) is 2.55. The topological polar surface area (TPSA) is 103 Å². The predicted octanol–water partition coefficient (Wildman–Crippen LogP) is 1.96. The van der Waals surface area contributed by atoms with E-state index in [2.05, 4.69) is 0 Å². The molecule has 1 heterocycles. The van der Waals surface area contributed by atoms with Crippen molar-refractivity contribution < 1.29 is 22.7 Å². The van der Waals surface area contributed by atoms with Gasteiger partial charge in [0.1, 0.15) is 11.4 Å². The quantitative estimate of drug-likeness (QED) is 0.751. The van der Waals surface area contributed by atoms with Crippen LogP contribution in [0.25, 0.3) is 0 Å². The van der Waals surface area contributed by atoms with Gasteiger partial charge in [0.25, 0.3) is 5.91 Å². The van der Waals surface area contributed by atoms with E-state index in [0.29, 0.717) is 30.4 Å². The van der Waals surface area contributed by atoms with Crippen molar-refractivity contribution >= 4 is 11.6 Å². The van der Waals surface area contributed by atoms with Gasteiger partial charge in [-0.15, -0.1) is 0 Å². The van der Waals surface area contributed by atoms with E-state index in [1.54, 1.807) is 24.3 Å². The highest BCUT2D eigenvalue weighted by molar-refractivity contribution is 6.42. The van der Waals surface area contributed by atoms with Crippen LogP contribution in [-0.4, -0.2) is 42.5 Å². The minimum Gasteiger partial charge on any atom is -0.395 e. The van der Waals surface area contributed by atoms with Crippen LogP contribution in [0.3, 0.4) is 0 Å². The summed E-state index contributed by atoms with van der Waals surface area (Å²) in [5, 5.41) is 16.8. The third-order valence-electron chi connectivity index (χ3n) is 3.83. The Morgan fingerprint density at radius 3 is 2.62 bits per heavy atom. The summed E-state index contributed by atoms with van der Waals surface area (Å²) in [6.45, 7) is 1.07. The smallest absolute Gasteiger partial charge is 0.395 e. The number of benzene rings is 1. The zero-order chi connectivity index (χ0) is 19.3. The molecule has 6 nitrogen and oxygen atoms in total. The molecule has 138 valence electrons. The Hall–Kier alpha value is -2.86. The molecule has 9 heteroatoms. The lowest BCUT2D eigenvalue weighted by atomic mass is 10.0. The molecule has 1 aromatic rings. The van der Waals surface area contributed by atoms with Gasteiger partial charge in [-0.2, -0.15) is 18.4 Å². The van der Waals surface area contributed by atoms with Crippen LogP contribution in [0.4, 0.5) is 13.2 Å². The van der Waals surface area contributed by atoms with Crippen LogP contribution in [-0.2, 0) is 16.1 Å². The Kier molecular flexibility index (Phi) is 6.00. The normalized spacial score (nSPS) is 15.1. The molecule has 1 fully saturated rings. The zero-order valence-corrected chi connectivity index (χ0v) is 13.7. The maximum Gasteiger partial charge on any atom is 0.430 e. The van der Waals surface area contributed by atoms with Crippen molar-refractivity contribution in [3.8, 4) is 6.07 Å². The number of hydrogen-bond acceptors (Lipinski definition) is 5. The van der Waals surface area contributed by atoms with Crippen LogP contribution in [0, 0.1) is 22.7 Å². The molecule has 1 amide bonds. The van der Waals surface area contributed by atoms with Gasteiger partial charge in [0, 0.05) is 19.0 Å². The van der Waals surface area contributed by atoms with Crippen LogP contribution in [0.1, 0.15) is 11.1 Å². The SMILES string of the molecule is N#Cc1ccccc1CN(CC1COC1)C(=O)C(=N)C=C(N)C(F)(F)F. The summed E-state index contributed by atoms with van der Waals surface area (Å²) >= 11 is 0. The number of rotatable bonds is 6. The Bertz CT molecular complexity index is 764. The number of carbonyl (C=O) groups is 1. The van der Waals surface area contributed by atoms with E-state index in [4.69, 9.17) is 21.1 Å². The number of carbonyl (C=O) groups excluding carboxylic acids is 1. The minimum atomic E-state index is -4.81. The third-order valence-corrected chi connectivity index (χ3v) is 3.83. The van der Waals surface area contributed by atoms with Crippen molar-refractivity contribution in [1.82, 2.24) is 4.90 Å². The van der Waals surface area contributed by atoms with Gasteiger partial charge in [0.2, 0.25) is 0 Å². The van der Waals surface area contributed by atoms with E-state index < -0.39 is 23.5 Å². The lowest BCUT2D eigenvalue weighted by molar-refractivity contribution is -0.128. The molecule has 1 aliphatic heterocycles. The first-order valence-corrected chi connectivity index (χ1v) is 7.70. The summed E-state index contributed by atoms with van der Waals surface area (Å²) in [5.41, 5.74) is 3.41. The second-order valence-electron chi connectivity index (χ2n) is 5.87. The number of allylic oxidation sites excluding steroid dienone is 1. The molecule has 0 bridgehead atoms. The molecule has 0 radical (unpaired) electrons. The van der Waals surface area contributed by atoms with Gasteiger partial charge in [0.05, 0.1) is 24.8 Å². The molecular formula is C17H17F3N4O2. The largest absolute Gasteiger partial charge is 0.430 e. The number of hydrogen-bond donors (Lipinski definition) is 2. The number of amides is 1. The summed E-state index contributed by atoms with van der Waals surface area (Å²) in [7, 11) is 0. The monoisotopic (exact) mass is 366 g/mol. The molecule has 0 saturated carbocycles. The molecule has 1 saturated heterocycles. The molecule has 0 aliphatic carbocycles. The second-order valence-corrected chi connectivity index (χ2v) is 5.87. The molecule has 26 heavy (non-hydrogen) atoms. The van der Waals surface area contributed by atoms with Crippen molar-refractivity contribution in [3.05, 3.63) is 47.2 Å². The summed E-state index contributed by atoms with van der Waals surface area (Å²) in [5.74, 6) is -0.859. The van der Waals surface area contributed by atoms with Gasteiger partial charge in [-0.3, -0.25) is 10.2 Å². The summed E-state index contributed by atoms with van der Waals surface area (Å²) < 4.78 is 42.6. The Balaban J connectivity index is 2.22. The second kappa shape index (κ2) is 8.01. The van der Waals surface area contributed by atoms with Crippen LogP contribution in [0.2, 0.25) is 0 Å². The van der Waals surface area contributed by atoms with Gasteiger partial charge < -0.3 is 15.4 Å². The van der Waals surface area contributed by atoms with Crippen LogP contribution >= 0.6 is 0 Å². The summed E-state index contributed by atoms with van der Waals surface area (Å²) in [6, 6.07) is 8.60. The molecule has 0 spiro atoms. The van der Waals surface area contributed by atoms with Crippen LogP contribution in [0.15, 0.2) is 36.0 Å². The first-order valence-electron chi connectivity index (χ1n) is 7.70. The Morgan fingerprint density at radius 2 is 2.08 bits per heavy atom. The van der Waals surface area contributed by atoms with E-state index >= 15 is 0 Å². The number of ether oxygens (including phenoxy) is 1. The number of alkyl halides is 3. The van der Waals surface area contributed by atoms with E-state index in [1.165, 1.54) is 4.90 Å². The van der Waals surface area contributed by atoms with E-state index in [9.17, 15) is 18.0 Å². The lowest BCUT2D eigenvalue weighted by Gasteiger charge is -2.32. The van der Waals surface area contributed by atoms with Gasteiger partial charge in [-0.1, -0.05) is 18.2 Å². The molecule has 1 aromatic carbocycles. The minimum absolute atomic E-state index is 0.00120. The van der Waals surface area contributed by atoms with Crippen molar-refractivity contribution in [1.29, 1.82) is 10.7 Å². The molecule has 0 aromatic heterocycles. The first-order chi connectivity index (χ1) is 12.2. The highest BCUT2D eigenvalue weighted by Gasteiger charge is 2.33. The molecule has 0 atom stereocenters. The van der Waals surface area contributed by atoms with Gasteiger partial charge in [-0.25, -0.2) is 0 Å². The van der Waals surface area contributed by atoms with Gasteiger partial charge in [0.15, 0.2) is 0 Å². The predicted molar refractivity (Wildman–Crippen MR) is 86.9 cm³/mol. The fourth-order valence-electron chi connectivity index (χ4n) is 2.36. The number of nitrogens with zero attached hydrogens (tertiary/aromatic N) is 2. The molecule has 3 N–H and O–H groups in total. The van der Waals surface area contributed by atoms with Crippen molar-refractivity contribution in [2.75, 3.05) is 19.8 Å². The van der Waals surface area contributed by atoms with Crippen molar-refractivity contribution in [2.24, 2.45) is 11.7 Å². The molecule has 0 unspecified atom stereocenters. The molecule has 1 aliphatic rings. The fourth-order valence-corrected chi connectivity index (χ4v) is 2.36. The van der Waals surface area contributed by atoms with Crippen molar-refractivity contribution in [3.63, 3.8) is 0 Å². The first kappa shape index (κ1) is 19.5. The number of nitrogens with one attached hydrogen (secondary N) is 1. The maximum atomic E-state index is 12.5. The summed E-state index contributed by atoms with van der Waals surface area (Å²) in [4.78, 5) is 13.7. The Labute approximate surface area is 148 Å². The molecule has 2 rings (SSSR count). The average molecular weight is 366 g/mol. The molecular weight excluding hydrogens is 349 g/mol. The van der Waals surface area contributed by atoms with E-state index in [0.717, 1.165) is 0 Å². The maximum absolute atomic E-state index is 12.5. The van der Waals surface area contributed by atoms with E-state index in [1.807, 2.05) is 6.07 Å². The van der Waals surface area contributed by atoms with Crippen LogP contribution in [0.5, 0.6) is 0 Å². The van der Waals surface area contributed by atoms with Gasteiger partial charge in [-0.05, 0) is 17.7 Å². The standard InChI is InChI=1S/C17H17F3N4O2/c18-17(19,20)15(23)5-14(22)16(25)24(7-11-9-26-10-11)8-13-4-2-1-3-12(13)6-21/h1-5,11,22H,7-10,23H2. The lowest BCUT2D eigenvalue weighted by Crippen LogP contribution is -2.44. The third kappa shape index (κ3) is 4.83. The van der Waals surface area contributed by atoms with Crippen molar-refractivity contribution in [2.45, 2.75) is 12.7 Å². The number of halogens is 3. The van der Waals surface area contributed by atoms with E-state index in [-0.39, 0.29) is 19.0 Å². The summed E-state index contributed by atoms with van der Waals surface area (Å²) in [6.07, 6.45) is -4.50. The zero-order valence-electron chi connectivity index (χ0n) is 13.7.